The molecule has 1 aliphatic carbocycles. The predicted molar refractivity (Wildman–Crippen MR) is 66.0 cm³/mol. The zero-order valence-electron chi connectivity index (χ0n) is 8.78. The van der Waals surface area contributed by atoms with Crippen molar-refractivity contribution in [2.24, 2.45) is 5.92 Å². The second-order valence-electron chi connectivity index (χ2n) is 3.32. The van der Waals surface area contributed by atoms with Gasteiger partial charge in [-0.3, -0.25) is 0 Å². The monoisotopic (exact) mass is 282 g/mol. The first-order valence-corrected chi connectivity index (χ1v) is 6.73. The van der Waals surface area contributed by atoms with Crippen LogP contribution in [0.4, 0.5) is 0 Å². The molecular weight excluding hydrogens is 259 g/mol. The molecule has 0 N–H and O–H groups in total. The second kappa shape index (κ2) is 8.33. The van der Waals surface area contributed by atoms with Crippen LogP contribution in [0, 0.1) is 5.92 Å². The van der Waals surface area contributed by atoms with Crippen molar-refractivity contribution in [3.05, 3.63) is 0 Å². The van der Waals surface area contributed by atoms with Gasteiger partial charge in [-0.25, -0.2) is 0 Å². The maximum absolute atomic E-state index is 2.62. The van der Waals surface area contributed by atoms with Crippen LogP contribution in [0.3, 0.4) is 0 Å². The summed E-state index contributed by atoms with van der Waals surface area (Å²) in [7, 11) is 0. The Hall–Kier alpha value is 0.730. The van der Waals surface area contributed by atoms with E-state index in [1.165, 1.54) is 38.5 Å². The lowest BCUT2D eigenvalue weighted by atomic mass is 9.86. The average molecular weight is 282 g/mol. The molecule has 0 aromatic rings. The van der Waals surface area contributed by atoms with Crippen molar-refractivity contribution in [1.29, 1.82) is 0 Å². The molecule has 0 nitrogen and oxygen atoms in total. The Balaban J connectivity index is 0.000000561. The zero-order valence-corrected chi connectivity index (χ0v) is 10.9. The molecule has 1 unspecified atom stereocenters. The summed E-state index contributed by atoms with van der Waals surface area (Å²) in [6.07, 6.45) is 8.84. The third kappa shape index (κ3) is 4.68. The second-order valence-corrected chi connectivity index (χ2v) is 4.92. The Morgan fingerprint density at radius 2 is 1.67 bits per heavy atom. The van der Waals surface area contributed by atoms with Gasteiger partial charge in [0.25, 0.3) is 0 Å². The van der Waals surface area contributed by atoms with Crippen molar-refractivity contribution < 1.29 is 0 Å². The van der Waals surface area contributed by atoms with Gasteiger partial charge in [0.15, 0.2) is 0 Å². The average Bonchev–Trinajstić information content (AvgIpc) is 2.21. The van der Waals surface area contributed by atoms with Crippen LogP contribution in [0.2, 0.25) is 0 Å². The van der Waals surface area contributed by atoms with Crippen LogP contribution in [0.25, 0.3) is 0 Å². The molecule has 1 fully saturated rings. The highest BCUT2D eigenvalue weighted by atomic mass is 127. The van der Waals surface area contributed by atoms with Crippen molar-refractivity contribution in [2.75, 3.05) is 0 Å². The van der Waals surface area contributed by atoms with E-state index < -0.39 is 0 Å². The molecule has 12 heavy (non-hydrogen) atoms. The summed E-state index contributed by atoms with van der Waals surface area (Å²) in [5.74, 6) is 1.05. The summed E-state index contributed by atoms with van der Waals surface area (Å²) in [4.78, 5) is 0. The van der Waals surface area contributed by atoms with Gasteiger partial charge in [0.1, 0.15) is 0 Å². The summed E-state index contributed by atoms with van der Waals surface area (Å²) in [6.45, 7) is 6.31. The van der Waals surface area contributed by atoms with Gasteiger partial charge in [0.2, 0.25) is 0 Å². The molecule has 1 atom stereocenters. The molecule has 0 aromatic heterocycles. The lowest BCUT2D eigenvalue weighted by molar-refractivity contribution is 0.352. The molecule has 1 heteroatoms. The van der Waals surface area contributed by atoms with E-state index in [9.17, 15) is 0 Å². The van der Waals surface area contributed by atoms with Gasteiger partial charge in [-0.1, -0.05) is 62.6 Å². The third-order valence-corrected chi connectivity index (χ3v) is 4.45. The number of rotatable bonds is 2. The first kappa shape index (κ1) is 12.7. The molecule has 1 aliphatic rings. The Bertz CT molecular complexity index is 85.0. The lowest BCUT2D eigenvalue weighted by Crippen LogP contribution is -2.16. The van der Waals surface area contributed by atoms with Crippen LogP contribution in [0.5, 0.6) is 0 Å². The summed E-state index contributed by atoms with van der Waals surface area (Å²) < 4.78 is 0.956. The SMILES string of the molecule is CC.CCC(I)C1CCCCC1. The number of halogens is 1. The zero-order chi connectivity index (χ0) is 9.40. The molecule has 0 saturated heterocycles. The molecule has 0 bridgehead atoms. The minimum Gasteiger partial charge on any atom is -0.0823 e. The highest BCUT2D eigenvalue weighted by molar-refractivity contribution is 14.1. The fraction of sp³-hybridized carbons (Fsp3) is 1.00. The van der Waals surface area contributed by atoms with E-state index in [4.69, 9.17) is 0 Å². The number of hydrogen-bond acceptors (Lipinski definition) is 0. The van der Waals surface area contributed by atoms with Gasteiger partial charge >= 0.3 is 0 Å². The van der Waals surface area contributed by atoms with Crippen molar-refractivity contribution >= 4 is 22.6 Å². The largest absolute Gasteiger partial charge is 0.0823 e. The van der Waals surface area contributed by atoms with Gasteiger partial charge in [-0.2, -0.15) is 0 Å². The van der Waals surface area contributed by atoms with Crippen molar-refractivity contribution in [3.8, 4) is 0 Å². The highest BCUT2D eigenvalue weighted by Gasteiger charge is 2.19. The van der Waals surface area contributed by atoms with Gasteiger partial charge in [0.05, 0.1) is 0 Å². The third-order valence-electron chi connectivity index (χ3n) is 2.55. The number of alkyl halides is 1. The molecule has 74 valence electrons. The van der Waals surface area contributed by atoms with Crippen LogP contribution >= 0.6 is 22.6 Å². The molecule has 0 spiro atoms. The highest BCUT2D eigenvalue weighted by Crippen LogP contribution is 2.31. The molecule has 1 saturated carbocycles. The lowest BCUT2D eigenvalue weighted by Gasteiger charge is -2.25. The van der Waals surface area contributed by atoms with Crippen molar-refractivity contribution in [3.63, 3.8) is 0 Å². The van der Waals surface area contributed by atoms with E-state index in [1.807, 2.05) is 13.8 Å². The minimum absolute atomic E-state index is 0.956. The smallest absolute Gasteiger partial charge is 0.0135 e. The van der Waals surface area contributed by atoms with Crippen molar-refractivity contribution in [1.82, 2.24) is 0 Å². The molecule has 1 rings (SSSR count). The van der Waals surface area contributed by atoms with E-state index in [0.29, 0.717) is 0 Å². The molecule has 0 amide bonds. The molecule has 0 radical (unpaired) electrons. The van der Waals surface area contributed by atoms with Crippen LogP contribution in [0.1, 0.15) is 59.3 Å². The van der Waals surface area contributed by atoms with Crippen LogP contribution in [-0.2, 0) is 0 Å². The summed E-state index contributed by atoms with van der Waals surface area (Å²) in [5, 5.41) is 0. The summed E-state index contributed by atoms with van der Waals surface area (Å²) >= 11 is 2.62. The topological polar surface area (TPSA) is 0 Å². The fourth-order valence-electron chi connectivity index (χ4n) is 1.83. The van der Waals surface area contributed by atoms with Gasteiger partial charge in [-0.05, 0) is 25.2 Å². The first-order valence-electron chi connectivity index (χ1n) is 5.48. The maximum Gasteiger partial charge on any atom is 0.0135 e. The van der Waals surface area contributed by atoms with E-state index >= 15 is 0 Å². The van der Waals surface area contributed by atoms with Gasteiger partial charge in [0, 0.05) is 3.92 Å². The van der Waals surface area contributed by atoms with Gasteiger partial charge in [-0.15, -0.1) is 0 Å². The van der Waals surface area contributed by atoms with Crippen LogP contribution < -0.4 is 0 Å². The molecule has 0 aliphatic heterocycles. The number of hydrogen-bond donors (Lipinski definition) is 0. The maximum atomic E-state index is 2.62. The van der Waals surface area contributed by atoms with E-state index in [2.05, 4.69) is 29.5 Å². The van der Waals surface area contributed by atoms with Gasteiger partial charge < -0.3 is 0 Å². The summed E-state index contributed by atoms with van der Waals surface area (Å²) in [5.41, 5.74) is 0. The Morgan fingerprint density at radius 3 is 2.08 bits per heavy atom. The van der Waals surface area contributed by atoms with Crippen LogP contribution in [0.15, 0.2) is 0 Å². The Morgan fingerprint density at radius 1 is 1.17 bits per heavy atom. The quantitative estimate of drug-likeness (QED) is 0.504. The standard InChI is InChI=1S/C9H17I.C2H6/c1-2-9(10)8-6-4-3-5-7-8;1-2/h8-9H,2-7H2,1H3;1-2H3. The van der Waals surface area contributed by atoms with Crippen LogP contribution in [-0.4, -0.2) is 3.92 Å². The fourth-order valence-corrected chi connectivity index (χ4v) is 2.55. The van der Waals surface area contributed by atoms with E-state index in [1.54, 1.807) is 0 Å². The molecule has 0 heterocycles. The van der Waals surface area contributed by atoms with E-state index in [-0.39, 0.29) is 0 Å². The molecular formula is C11H23I. The predicted octanol–water partition coefficient (Wildman–Crippen LogP) is 4.81. The van der Waals surface area contributed by atoms with Crippen molar-refractivity contribution in [2.45, 2.75) is 63.2 Å². The first-order chi connectivity index (χ1) is 5.84. The summed E-state index contributed by atoms with van der Waals surface area (Å²) in [6, 6.07) is 0. The van der Waals surface area contributed by atoms with E-state index in [0.717, 1.165) is 9.84 Å². The Labute approximate surface area is 91.7 Å². The normalized spacial score (nSPS) is 21.0. The minimum atomic E-state index is 0.956. The molecule has 0 aromatic carbocycles. The Kier molecular flexibility index (Phi) is 8.84.